The molecule has 0 bridgehead atoms. The van der Waals surface area contributed by atoms with Gasteiger partial charge >= 0.3 is 0 Å². The Morgan fingerprint density at radius 2 is 1.71 bits per heavy atom. The van der Waals surface area contributed by atoms with Crippen LogP contribution in [-0.2, 0) is 0 Å². The summed E-state index contributed by atoms with van der Waals surface area (Å²) in [6, 6.07) is 1.35. The van der Waals surface area contributed by atoms with E-state index in [1.807, 2.05) is 0 Å². The molecule has 0 unspecified atom stereocenters. The number of piperidine rings is 1. The van der Waals surface area contributed by atoms with Crippen molar-refractivity contribution in [2.75, 3.05) is 0 Å². The lowest BCUT2D eigenvalue weighted by molar-refractivity contribution is 0.363. The van der Waals surface area contributed by atoms with Gasteiger partial charge in [-0.05, 0) is 26.2 Å². The largest absolute Gasteiger partial charge is 0.311 e. The van der Waals surface area contributed by atoms with E-state index in [0.717, 1.165) is 0 Å². The van der Waals surface area contributed by atoms with Crippen LogP contribution in [0.15, 0.2) is 12.2 Å². The van der Waals surface area contributed by atoms with Crippen molar-refractivity contribution in [1.29, 1.82) is 0 Å². The summed E-state index contributed by atoms with van der Waals surface area (Å²) < 4.78 is 0. The van der Waals surface area contributed by atoms with Gasteiger partial charge in [-0.3, -0.25) is 0 Å². The molecule has 0 spiro atoms. The summed E-state index contributed by atoms with van der Waals surface area (Å²) in [4.78, 5) is 0. The highest BCUT2D eigenvalue weighted by Crippen LogP contribution is 2.21. The van der Waals surface area contributed by atoms with Gasteiger partial charge < -0.3 is 5.32 Å². The van der Waals surface area contributed by atoms with Crippen molar-refractivity contribution in [3.63, 3.8) is 0 Å². The van der Waals surface area contributed by atoms with Gasteiger partial charge in [-0.15, -0.1) is 0 Å². The molecule has 0 amide bonds. The van der Waals surface area contributed by atoms with Gasteiger partial charge in [0.05, 0.1) is 0 Å². The zero-order valence-electron chi connectivity index (χ0n) is 11.9. The lowest BCUT2D eigenvalue weighted by atomic mass is 9.92. The van der Waals surface area contributed by atoms with E-state index in [2.05, 4.69) is 25.7 Å². The Hall–Kier alpha value is -0.300. The lowest BCUT2D eigenvalue weighted by Crippen LogP contribution is -2.41. The second-order valence-electron chi connectivity index (χ2n) is 5.83. The normalized spacial score (nSPS) is 25.2. The van der Waals surface area contributed by atoms with Crippen LogP contribution in [0.5, 0.6) is 0 Å². The molecule has 1 saturated heterocycles. The molecule has 0 saturated carbocycles. The number of hydrogen-bond donors (Lipinski definition) is 1. The molecule has 1 rings (SSSR count). The third-order valence-corrected chi connectivity index (χ3v) is 3.81. The van der Waals surface area contributed by atoms with Gasteiger partial charge in [-0.1, -0.05) is 64.0 Å². The van der Waals surface area contributed by atoms with Crippen LogP contribution >= 0.6 is 0 Å². The number of rotatable bonds is 8. The van der Waals surface area contributed by atoms with Crippen LogP contribution in [0.3, 0.4) is 0 Å². The smallest absolute Gasteiger partial charge is 0.0107 e. The van der Waals surface area contributed by atoms with Gasteiger partial charge in [-0.25, -0.2) is 0 Å². The molecule has 17 heavy (non-hydrogen) atoms. The summed E-state index contributed by atoms with van der Waals surface area (Å²) in [6.07, 6.45) is 13.6. The fraction of sp³-hybridized carbons (Fsp3) is 0.875. The van der Waals surface area contributed by atoms with Crippen molar-refractivity contribution in [3.05, 3.63) is 12.2 Å². The molecule has 0 aromatic heterocycles. The van der Waals surface area contributed by atoms with E-state index in [-0.39, 0.29) is 0 Å². The Labute approximate surface area is 108 Å². The monoisotopic (exact) mass is 237 g/mol. The van der Waals surface area contributed by atoms with Crippen LogP contribution in [0.2, 0.25) is 0 Å². The molecule has 1 heteroatoms. The standard InChI is InChI=1S/C16H31N/c1-4-5-6-7-8-9-10-11-16-13-14(2)12-15(3)17-16/h15-17H,2,4-13H2,1,3H3/t15-,16+/m1/s1. The molecule has 100 valence electrons. The molecular weight excluding hydrogens is 206 g/mol. The minimum absolute atomic E-state index is 0.644. The van der Waals surface area contributed by atoms with Crippen molar-refractivity contribution < 1.29 is 0 Å². The molecule has 2 atom stereocenters. The van der Waals surface area contributed by atoms with Crippen LogP contribution in [0.1, 0.15) is 78.1 Å². The molecule has 1 aliphatic heterocycles. The second kappa shape index (κ2) is 8.74. The summed E-state index contributed by atoms with van der Waals surface area (Å²) in [5.74, 6) is 0. The average Bonchev–Trinajstić information content (AvgIpc) is 2.26. The number of unbranched alkanes of at least 4 members (excludes halogenated alkanes) is 6. The van der Waals surface area contributed by atoms with Crippen LogP contribution in [0, 0.1) is 0 Å². The second-order valence-corrected chi connectivity index (χ2v) is 5.83. The third-order valence-electron chi connectivity index (χ3n) is 3.81. The van der Waals surface area contributed by atoms with Crippen molar-refractivity contribution in [3.8, 4) is 0 Å². The Kier molecular flexibility index (Phi) is 7.59. The maximum absolute atomic E-state index is 4.15. The molecule has 1 nitrogen and oxygen atoms in total. The summed E-state index contributed by atoms with van der Waals surface area (Å²) in [7, 11) is 0. The van der Waals surface area contributed by atoms with Crippen LogP contribution in [0.4, 0.5) is 0 Å². The van der Waals surface area contributed by atoms with E-state index in [1.54, 1.807) is 0 Å². The maximum Gasteiger partial charge on any atom is 0.0107 e. The highest BCUT2D eigenvalue weighted by molar-refractivity contribution is 5.04. The predicted octanol–water partition coefficient (Wildman–Crippen LogP) is 4.82. The fourth-order valence-corrected chi connectivity index (χ4v) is 2.92. The molecule has 1 heterocycles. The minimum atomic E-state index is 0.644. The van der Waals surface area contributed by atoms with Crippen LogP contribution in [-0.4, -0.2) is 12.1 Å². The highest BCUT2D eigenvalue weighted by Gasteiger charge is 2.19. The van der Waals surface area contributed by atoms with Crippen molar-refractivity contribution >= 4 is 0 Å². The van der Waals surface area contributed by atoms with Gasteiger partial charge in [0, 0.05) is 12.1 Å². The van der Waals surface area contributed by atoms with Gasteiger partial charge in [0.25, 0.3) is 0 Å². The van der Waals surface area contributed by atoms with Crippen LogP contribution < -0.4 is 5.32 Å². The SMILES string of the molecule is C=C1C[C@H](CCCCCCCCC)N[C@H](C)C1. The summed E-state index contributed by atoms with van der Waals surface area (Å²) in [6.45, 7) is 8.71. The van der Waals surface area contributed by atoms with E-state index in [0.29, 0.717) is 12.1 Å². The van der Waals surface area contributed by atoms with E-state index in [1.165, 1.54) is 69.8 Å². The topological polar surface area (TPSA) is 12.0 Å². The van der Waals surface area contributed by atoms with E-state index >= 15 is 0 Å². The molecular formula is C16H31N. The van der Waals surface area contributed by atoms with E-state index in [9.17, 15) is 0 Å². The lowest BCUT2D eigenvalue weighted by Gasteiger charge is -2.30. The first-order chi connectivity index (χ1) is 8.22. The van der Waals surface area contributed by atoms with Crippen LogP contribution in [0.25, 0.3) is 0 Å². The summed E-state index contributed by atoms with van der Waals surface area (Å²) in [5.41, 5.74) is 1.45. The maximum atomic E-state index is 4.15. The zero-order valence-corrected chi connectivity index (χ0v) is 11.9. The van der Waals surface area contributed by atoms with Gasteiger partial charge in [0.1, 0.15) is 0 Å². The van der Waals surface area contributed by atoms with Gasteiger partial charge in [0.15, 0.2) is 0 Å². The molecule has 1 N–H and O–H groups in total. The molecule has 0 radical (unpaired) electrons. The van der Waals surface area contributed by atoms with E-state index in [4.69, 9.17) is 0 Å². The Bertz CT molecular complexity index is 210. The number of nitrogens with one attached hydrogen (secondary N) is 1. The first-order valence-corrected chi connectivity index (χ1v) is 7.65. The Morgan fingerprint density at radius 3 is 2.35 bits per heavy atom. The molecule has 0 aromatic carbocycles. The van der Waals surface area contributed by atoms with Gasteiger partial charge in [-0.2, -0.15) is 0 Å². The van der Waals surface area contributed by atoms with Crippen molar-refractivity contribution in [2.24, 2.45) is 0 Å². The minimum Gasteiger partial charge on any atom is -0.311 e. The van der Waals surface area contributed by atoms with E-state index < -0.39 is 0 Å². The quantitative estimate of drug-likeness (QED) is 0.471. The third kappa shape index (κ3) is 6.88. The molecule has 1 aliphatic rings. The van der Waals surface area contributed by atoms with Crippen molar-refractivity contribution in [1.82, 2.24) is 5.32 Å². The highest BCUT2D eigenvalue weighted by atomic mass is 15.0. The summed E-state index contributed by atoms with van der Waals surface area (Å²) >= 11 is 0. The predicted molar refractivity (Wildman–Crippen MR) is 77.4 cm³/mol. The van der Waals surface area contributed by atoms with Crippen molar-refractivity contribution in [2.45, 2.75) is 90.1 Å². The first-order valence-electron chi connectivity index (χ1n) is 7.65. The average molecular weight is 237 g/mol. The first kappa shape index (κ1) is 14.8. The summed E-state index contributed by atoms with van der Waals surface area (Å²) in [5, 5.41) is 3.70. The van der Waals surface area contributed by atoms with Gasteiger partial charge in [0.2, 0.25) is 0 Å². The Morgan fingerprint density at radius 1 is 1.06 bits per heavy atom. The zero-order chi connectivity index (χ0) is 12.5. The fourth-order valence-electron chi connectivity index (χ4n) is 2.92. The molecule has 1 fully saturated rings. The number of hydrogen-bond acceptors (Lipinski definition) is 1. The molecule has 0 aromatic rings. The molecule has 0 aliphatic carbocycles. The Balaban J connectivity index is 1.97.